The molecule has 0 saturated carbocycles. The van der Waals surface area contributed by atoms with Crippen LogP contribution in [0, 0.1) is 6.92 Å². The molecular weight excluding hydrogens is 366 g/mol. The maximum absolute atomic E-state index is 11.8. The van der Waals surface area contributed by atoms with Gasteiger partial charge in [-0.3, -0.25) is 0 Å². The molecule has 0 aliphatic carbocycles. The van der Waals surface area contributed by atoms with E-state index in [2.05, 4.69) is 25.8 Å². The maximum atomic E-state index is 11.8. The van der Waals surface area contributed by atoms with Gasteiger partial charge in [-0.15, -0.1) is 0 Å². The number of hydrogen-bond donors (Lipinski definition) is 1. The number of aryl methyl sites for hydroxylation is 1. The van der Waals surface area contributed by atoms with E-state index in [-0.39, 0.29) is 17.1 Å². The van der Waals surface area contributed by atoms with Crippen LogP contribution in [0.25, 0.3) is 11.3 Å². The summed E-state index contributed by atoms with van der Waals surface area (Å²) in [6, 6.07) is 13.0. The normalized spacial score (nSPS) is 13.7. The van der Waals surface area contributed by atoms with E-state index in [1.54, 1.807) is 12.3 Å². The van der Waals surface area contributed by atoms with E-state index in [1.165, 1.54) is 0 Å². The van der Waals surface area contributed by atoms with Gasteiger partial charge >= 0.3 is 5.97 Å². The predicted octanol–water partition coefficient (Wildman–Crippen LogP) is 5.68. The summed E-state index contributed by atoms with van der Waals surface area (Å²) in [5.74, 6) is 1.07. The van der Waals surface area contributed by atoms with Crippen molar-refractivity contribution in [3.05, 3.63) is 70.5 Å². The number of carbonyl (C=O) groups excluding carboxylic acids is 1. The van der Waals surface area contributed by atoms with E-state index >= 15 is 0 Å². The first kappa shape index (κ1) is 19.0. The van der Waals surface area contributed by atoms with Crippen LogP contribution in [0.3, 0.4) is 0 Å². The molecule has 5 nitrogen and oxygen atoms in total. The van der Waals surface area contributed by atoms with Crippen LogP contribution in [0.5, 0.6) is 5.75 Å². The largest absolute Gasteiger partial charge is 0.505 e. The Labute approximate surface area is 169 Å². The number of rotatable bonds is 3. The van der Waals surface area contributed by atoms with Crippen molar-refractivity contribution in [1.82, 2.24) is 0 Å². The second-order valence-electron chi connectivity index (χ2n) is 8.34. The predicted molar refractivity (Wildman–Crippen MR) is 112 cm³/mol. The lowest BCUT2D eigenvalue weighted by Gasteiger charge is -2.21. The SMILES string of the molecule is Cc1cc(N=Cc2ccc(-c3ccc4c(c3)C(=O)OC4)o2)c(O)c(C(C)(C)C)c1. The fraction of sp³-hybridized carbons (Fsp3) is 0.250. The van der Waals surface area contributed by atoms with Gasteiger partial charge in [0.15, 0.2) is 0 Å². The lowest BCUT2D eigenvalue weighted by molar-refractivity contribution is 0.0535. The van der Waals surface area contributed by atoms with Gasteiger partial charge in [0.05, 0.1) is 11.8 Å². The number of phenolic OH excluding ortho intramolecular Hbond substituents is 1. The summed E-state index contributed by atoms with van der Waals surface area (Å²) in [5, 5.41) is 10.6. The highest BCUT2D eigenvalue weighted by Gasteiger charge is 2.22. The number of benzene rings is 2. The summed E-state index contributed by atoms with van der Waals surface area (Å²) in [4.78, 5) is 16.2. The van der Waals surface area contributed by atoms with E-state index in [0.29, 0.717) is 29.4 Å². The van der Waals surface area contributed by atoms with Gasteiger partial charge in [-0.05, 0) is 42.2 Å². The van der Waals surface area contributed by atoms with Gasteiger partial charge in [0, 0.05) is 16.7 Å². The Balaban J connectivity index is 1.62. The number of esters is 1. The van der Waals surface area contributed by atoms with Crippen LogP contribution in [-0.4, -0.2) is 17.3 Å². The average molecular weight is 389 g/mol. The smallest absolute Gasteiger partial charge is 0.338 e. The van der Waals surface area contributed by atoms with Crippen LogP contribution in [0.4, 0.5) is 5.69 Å². The summed E-state index contributed by atoms with van der Waals surface area (Å²) in [6.45, 7) is 8.47. The van der Waals surface area contributed by atoms with Crippen LogP contribution >= 0.6 is 0 Å². The molecule has 5 heteroatoms. The minimum Gasteiger partial charge on any atom is -0.505 e. The van der Waals surface area contributed by atoms with E-state index in [9.17, 15) is 9.90 Å². The number of aromatic hydroxyl groups is 1. The summed E-state index contributed by atoms with van der Waals surface area (Å²) in [5.41, 5.74) is 4.47. The van der Waals surface area contributed by atoms with Crippen molar-refractivity contribution in [3.63, 3.8) is 0 Å². The molecule has 29 heavy (non-hydrogen) atoms. The Morgan fingerprint density at radius 2 is 1.90 bits per heavy atom. The maximum Gasteiger partial charge on any atom is 0.338 e. The summed E-state index contributed by atoms with van der Waals surface area (Å²) in [7, 11) is 0. The lowest BCUT2D eigenvalue weighted by atomic mass is 9.85. The van der Waals surface area contributed by atoms with Gasteiger partial charge in [0.25, 0.3) is 0 Å². The van der Waals surface area contributed by atoms with Crippen molar-refractivity contribution >= 4 is 17.9 Å². The highest BCUT2D eigenvalue weighted by molar-refractivity contribution is 5.94. The zero-order valence-corrected chi connectivity index (χ0v) is 16.9. The monoisotopic (exact) mass is 389 g/mol. The third kappa shape index (κ3) is 3.68. The standard InChI is InChI=1S/C24H23NO4/c1-14-9-19(24(2,3)4)22(26)20(10-14)25-12-17-7-8-21(29-17)15-5-6-16-13-28-23(27)18(16)11-15/h5-12,26H,13H2,1-4H3. The Bertz CT molecular complexity index is 1130. The second kappa shape index (κ2) is 6.92. The average Bonchev–Trinajstić information content (AvgIpc) is 3.28. The molecule has 0 fully saturated rings. The molecule has 2 aromatic carbocycles. The van der Waals surface area contributed by atoms with Gasteiger partial charge < -0.3 is 14.3 Å². The molecule has 0 spiro atoms. The van der Waals surface area contributed by atoms with Crippen LogP contribution in [0.1, 0.15) is 53.6 Å². The Hall–Kier alpha value is -3.34. The van der Waals surface area contributed by atoms with Crippen LogP contribution in [0.15, 0.2) is 51.9 Å². The van der Waals surface area contributed by atoms with Crippen molar-refractivity contribution < 1.29 is 19.1 Å². The third-order valence-corrected chi connectivity index (χ3v) is 4.97. The number of furan rings is 1. The molecule has 3 aromatic rings. The topological polar surface area (TPSA) is 72.0 Å². The first-order chi connectivity index (χ1) is 13.7. The lowest BCUT2D eigenvalue weighted by Crippen LogP contribution is -2.11. The fourth-order valence-corrected chi connectivity index (χ4v) is 3.41. The summed E-state index contributed by atoms with van der Waals surface area (Å²) < 4.78 is 10.9. The number of ether oxygens (including phenoxy) is 1. The molecule has 148 valence electrons. The second-order valence-corrected chi connectivity index (χ2v) is 8.34. The number of nitrogens with zero attached hydrogens (tertiary/aromatic N) is 1. The molecule has 1 aliphatic heterocycles. The van der Waals surface area contributed by atoms with Gasteiger partial charge in [0.2, 0.25) is 0 Å². The van der Waals surface area contributed by atoms with Gasteiger partial charge in [-0.25, -0.2) is 9.79 Å². The van der Waals surface area contributed by atoms with Crippen molar-refractivity contribution in [2.75, 3.05) is 0 Å². The highest BCUT2D eigenvalue weighted by atomic mass is 16.5. The first-order valence-corrected chi connectivity index (χ1v) is 9.51. The van der Waals surface area contributed by atoms with E-state index < -0.39 is 0 Å². The zero-order chi connectivity index (χ0) is 20.8. The fourth-order valence-electron chi connectivity index (χ4n) is 3.41. The first-order valence-electron chi connectivity index (χ1n) is 9.51. The Morgan fingerprint density at radius 3 is 2.66 bits per heavy atom. The highest BCUT2D eigenvalue weighted by Crippen LogP contribution is 2.38. The van der Waals surface area contributed by atoms with Gasteiger partial charge in [-0.1, -0.05) is 39.0 Å². The summed E-state index contributed by atoms with van der Waals surface area (Å²) in [6.07, 6.45) is 1.59. The number of fused-ring (bicyclic) bond motifs is 1. The minimum atomic E-state index is -0.306. The Morgan fingerprint density at radius 1 is 1.10 bits per heavy atom. The molecule has 0 unspecified atom stereocenters. The molecule has 0 saturated heterocycles. The van der Waals surface area contributed by atoms with Gasteiger partial charge in [-0.2, -0.15) is 0 Å². The molecule has 2 heterocycles. The number of cyclic esters (lactones) is 1. The quantitative estimate of drug-likeness (QED) is 0.462. The van der Waals surface area contributed by atoms with Crippen molar-refractivity contribution in [2.24, 2.45) is 4.99 Å². The molecule has 4 rings (SSSR count). The van der Waals surface area contributed by atoms with Crippen LogP contribution in [-0.2, 0) is 16.8 Å². The minimum absolute atomic E-state index is 0.184. The van der Waals surface area contributed by atoms with E-state index in [1.807, 2.05) is 43.3 Å². The number of aliphatic imine (C=N–C) groups is 1. The molecule has 0 bridgehead atoms. The molecule has 0 amide bonds. The molecule has 0 atom stereocenters. The van der Waals surface area contributed by atoms with E-state index in [0.717, 1.165) is 22.3 Å². The molecule has 1 aliphatic rings. The van der Waals surface area contributed by atoms with E-state index in [4.69, 9.17) is 9.15 Å². The van der Waals surface area contributed by atoms with Gasteiger partial charge in [0.1, 0.15) is 29.6 Å². The molecule has 1 N–H and O–H groups in total. The molecular formula is C24H23NO4. The van der Waals surface area contributed by atoms with Crippen molar-refractivity contribution in [2.45, 2.75) is 39.7 Å². The summed E-state index contributed by atoms with van der Waals surface area (Å²) >= 11 is 0. The van der Waals surface area contributed by atoms with Crippen LogP contribution in [0.2, 0.25) is 0 Å². The zero-order valence-electron chi connectivity index (χ0n) is 16.9. The van der Waals surface area contributed by atoms with Crippen molar-refractivity contribution in [1.29, 1.82) is 0 Å². The molecule has 1 aromatic heterocycles. The van der Waals surface area contributed by atoms with Crippen molar-refractivity contribution in [3.8, 4) is 17.1 Å². The number of carbonyl (C=O) groups is 1. The number of hydrogen-bond acceptors (Lipinski definition) is 5. The Kier molecular flexibility index (Phi) is 4.53. The number of phenols is 1. The molecule has 0 radical (unpaired) electrons. The third-order valence-electron chi connectivity index (χ3n) is 4.97. The van der Waals surface area contributed by atoms with Crippen LogP contribution < -0.4 is 0 Å².